The number of benzene rings is 1. The Kier molecular flexibility index (Phi) is 4.24. The fraction of sp³-hybridized carbons (Fsp3) is 0.250. The maximum Gasteiger partial charge on any atom is 0.330 e. The molecule has 0 saturated carbocycles. The number of ether oxygens (including phenoxy) is 1. The minimum Gasteiger partial charge on any atom is -0.480 e. The summed E-state index contributed by atoms with van der Waals surface area (Å²) in [5.41, 5.74) is 0.516. The number of nitro benzene ring substituents is 1. The zero-order chi connectivity index (χ0) is 15.4. The number of aliphatic carboxylic acids is 1. The van der Waals surface area contributed by atoms with Gasteiger partial charge in [0.25, 0.3) is 5.69 Å². The minimum absolute atomic E-state index is 0.0408. The van der Waals surface area contributed by atoms with Crippen LogP contribution in [0, 0.1) is 10.1 Å². The quantitative estimate of drug-likeness (QED) is 0.625. The van der Waals surface area contributed by atoms with E-state index < -0.39 is 16.9 Å². The van der Waals surface area contributed by atoms with Crippen molar-refractivity contribution >= 4 is 11.7 Å². The monoisotopic (exact) mass is 292 g/mol. The number of non-ortho nitro benzene ring substituents is 1. The molecule has 0 aliphatic rings. The minimum atomic E-state index is -1.09. The van der Waals surface area contributed by atoms with Gasteiger partial charge in [0.1, 0.15) is 6.33 Å². The highest BCUT2D eigenvalue weighted by Crippen LogP contribution is 2.19. The Bertz CT molecular complexity index is 652. The lowest BCUT2D eigenvalue weighted by Crippen LogP contribution is -2.24. The van der Waals surface area contributed by atoms with E-state index in [1.807, 2.05) is 0 Å². The number of methoxy groups -OCH3 is 1. The van der Waals surface area contributed by atoms with Crippen LogP contribution in [-0.4, -0.2) is 44.5 Å². The van der Waals surface area contributed by atoms with E-state index in [1.54, 1.807) is 0 Å². The molecule has 1 unspecified atom stereocenters. The lowest BCUT2D eigenvalue weighted by atomic mass is 10.2. The van der Waals surface area contributed by atoms with Crippen LogP contribution in [0.25, 0.3) is 11.4 Å². The normalized spacial score (nSPS) is 12.0. The molecule has 9 heteroatoms. The van der Waals surface area contributed by atoms with Crippen molar-refractivity contribution in [3.63, 3.8) is 0 Å². The lowest BCUT2D eigenvalue weighted by Gasteiger charge is -2.10. The molecule has 1 heterocycles. The van der Waals surface area contributed by atoms with Crippen molar-refractivity contribution < 1.29 is 19.6 Å². The lowest BCUT2D eigenvalue weighted by molar-refractivity contribution is -0.384. The summed E-state index contributed by atoms with van der Waals surface area (Å²) >= 11 is 0. The van der Waals surface area contributed by atoms with Crippen LogP contribution in [0.2, 0.25) is 0 Å². The van der Waals surface area contributed by atoms with Crippen LogP contribution < -0.4 is 0 Å². The molecule has 1 aromatic heterocycles. The summed E-state index contributed by atoms with van der Waals surface area (Å²) in [4.78, 5) is 25.2. The number of hydrogen-bond acceptors (Lipinski definition) is 6. The third-order valence-electron chi connectivity index (χ3n) is 2.77. The largest absolute Gasteiger partial charge is 0.480 e. The second-order valence-corrected chi connectivity index (χ2v) is 4.16. The number of hydrogen-bond donors (Lipinski definition) is 1. The molecule has 0 spiro atoms. The summed E-state index contributed by atoms with van der Waals surface area (Å²) in [5.74, 6) is -0.802. The average molecular weight is 292 g/mol. The highest BCUT2D eigenvalue weighted by molar-refractivity contribution is 5.72. The van der Waals surface area contributed by atoms with Gasteiger partial charge in [-0.3, -0.25) is 10.1 Å². The Labute approximate surface area is 118 Å². The smallest absolute Gasteiger partial charge is 0.330 e. The van der Waals surface area contributed by atoms with Gasteiger partial charge in [0.15, 0.2) is 11.9 Å². The van der Waals surface area contributed by atoms with E-state index in [9.17, 15) is 14.9 Å². The molecular formula is C12H12N4O5. The predicted octanol–water partition coefficient (Wildman–Crippen LogP) is 1.13. The summed E-state index contributed by atoms with van der Waals surface area (Å²) in [5, 5.41) is 23.7. The number of nitro groups is 1. The number of aromatic nitrogens is 3. The second-order valence-electron chi connectivity index (χ2n) is 4.16. The van der Waals surface area contributed by atoms with Crippen LogP contribution in [0.15, 0.2) is 30.6 Å². The van der Waals surface area contributed by atoms with Gasteiger partial charge in [-0.05, 0) is 12.1 Å². The first kappa shape index (κ1) is 14.6. The van der Waals surface area contributed by atoms with Gasteiger partial charge < -0.3 is 9.84 Å². The molecule has 1 N–H and O–H groups in total. The van der Waals surface area contributed by atoms with Gasteiger partial charge in [-0.25, -0.2) is 14.5 Å². The SMILES string of the molecule is COCC(C(=O)O)n1cnc(-c2ccc([N+](=O)[O-])cc2)n1. The van der Waals surface area contributed by atoms with Crippen molar-refractivity contribution in [3.05, 3.63) is 40.7 Å². The Morgan fingerprint density at radius 2 is 2.14 bits per heavy atom. The molecular weight excluding hydrogens is 280 g/mol. The third-order valence-corrected chi connectivity index (χ3v) is 2.77. The zero-order valence-electron chi connectivity index (χ0n) is 11.0. The topological polar surface area (TPSA) is 120 Å². The Morgan fingerprint density at radius 3 is 2.67 bits per heavy atom. The molecule has 21 heavy (non-hydrogen) atoms. The van der Waals surface area contributed by atoms with E-state index in [1.165, 1.54) is 42.4 Å². The molecule has 1 aromatic carbocycles. The van der Waals surface area contributed by atoms with Crippen LogP contribution in [0.3, 0.4) is 0 Å². The van der Waals surface area contributed by atoms with Crippen molar-refractivity contribution in [3.8, 4) is 11.4 Å². The van der Waals surface area contributed by atoms with Crippen molar-refractivity contribution in [2.45, 2.75) is 6.04 Å². The summed E-state index contributed by atoms with van der Waals surface area (Å²) in [7, 11) is 1.39. The Morgan fingerprint density at radius 1 is 1.48 bits per heavy atom. The van der Waals surface area contributed by atoms with Crippen molar-refractivity contribution in [1.82, 2.24) is 14.8 Å². The van der Waals surface area contributed by atoms with Crippen LogP contribution in [0.5, 0.6) is 0 Å². The second kappa shape index (κ2) is 6.09. The first-order valence-electron chi connectivity index (χ1n) is 5.90. The van der Waals surface area contributed by atoms with Gasteiger partial charge in [0.2, 0.25) is 0 Å². The molecule has 0 radical (unpaired) electrons. The maximum atomic E-state index is 11.1. The number of carboxylic acids is 1. The van der Waals surface area contributed by atoms with E-state index >= 15 is 0 Å². The highest BCUT2D eigenvalue weighted by Gasteiger charge is 2.21. The van der Waals surface area contributed by atoms with Gasteiger partial charge in [-0.2, -0.15) is 5.10 Å². The molecule has 2 aromatic rings. The Hall–Kier alpha value is -2.81. The molecule has 0 amide bonds. The van der Waals surface area contributed by atoms with Gasteiger partial charge in [-0.1, -0.05) is 0 Å². The third kappa shape index (κ3) is 3.20. The molecule has 110 valence electrons. The van der Waals surface area contributed by atoms with Gasteiger partial charge in [-0.15, -0.1) is 0 Å². The van der Waals surface area contributed by atoms with Crippen LogP contribution in [0.4, 0.5) is 5.69 Å². The van der Waals surface area contributed by atoms with Gasteiger partial charge >= 0.3 is 5.97 Å². The van der Waals surface area contributed by atoms with Crippen molar-refractivity contribution in [2.75, 3.05) is 13.7 Å². The first-order chi connectivity index (χ1) is 10.0. The van der Waals surface area contributed by atoms with Crippen LogP contribution >= 0.6 is 0 Å². The predicted molar refractivity (Wildman–Crippen MR) is 70.7 cm³/mol. The fourth-order valence-electron chi connectivity index (χ4n) is 1.71. The molecule has 0 aliphatic heterocycles. The van der Waals surface area contributed by atoms with Crippen LogP contribution in [0.1, 0.15) is 6.04 Å². The average Bonchev–Trinajstić information content (AvgIpc) is 2.94. The van der Waals surface area contributed by atoms with Gasteiger partial charge in [0, 0.05) is 24.8 Å². The highest BCUT2D eigenvalue weighted by atomic mass is 16.6. The Balaban J connectivity index is 2.26. The van der Waals surface area contributed by atoms with Crippen LogP contribution in [-0.2, 0) is 9.53 Å². The molecule has 0 saturated heterocycles. The van der Waals surface area contributed by atoms with Crippen molar-refractivity contribution in [1.29, 1.82) is 0 Å². The van der Waals surface area contributed by atoms with E-state index in [4.69, 9.17) is 9.84 Å². The molecule has 0 fully saturated rings. The van der Waals surface area contributed by atoms with E-state index in [0.29, 0.717) is 5.56 Å². The summed E-state index contributed by atoms with van der Waals surface area (Å²) < 4.78 is 6.02. The molecule has 9 nitrogen and oxygen atoms in total. The first-order valence-corrected chi connectivity index (χ1v) is 5.90. The standard InChI is InChI=1S/C12H12N4O5/c1-21-6-10(12(17)18)15-7-13-11(14-15)8-2-4-9(5-3-8)16(19)20/h2-5,7,10H,6H2,1H3,(H,17,18). The molecule has 0 aliphatic carbocycles. The van der Waals surface area contributed by atoms with E-state index in [2.05, 4.69) is 10.1 Å². The van der Waals surface area contributed by atoms with E-state index in [-0.39, 0.29) is 18.1 Å². The van der Waals surface area contributed by atoms with Crippen molar-refractivity contribution in [2.24, 2.45) is 0 Å². The number of carboxylic acid groups (broad SMARTS) is 1. The number of nitrogens with zero attached hydrogens (tertiary/aromatic N) is 4. The molecule has 2 rings (SSSR count). The number of carbonyl (C=O) groups is 1. The number of rotatable bonds is 6. The molecule has 1 atom stereocenters. The summed E-state index contributed by atoms with van der Waals surface area (Å²) in [6.07, 6.45) is 1.29. The molecule has 0 bridgehead atoms. The summed E-state index contributed by atoms with van der Waals surface area (Å²) in [6.45, 7) is -0.0433. The summed E-state index contributed by atoms with van der Waals surface area (Å²) in [6, 6.07) is 4.70. The van der Waals surface area contributed by atoms with E-state index in [0.717, 1.165) is 0 Å². The maximum absolute atomic E-state index is 11.1. The van der Waals surface area contributed by atoms with Gasteiger partial charge in [0.05, 0.1) is 11.5 Å². The fourth-order valence-corrected chi connectivity index (χ4v) is 1.71. The zero-order valence-corrected chi connectivity index (χ0v) is 11.0.